The molecule has 4 N–H and O–H groups in total. The Morgan fingerprint density at radius 2 is 2.14 bits per heavy atom. The third-order valence-electron chi connectivity index (χ3n) is 3.47. The highest BCUT2D eigenvalue weighted by molar-refractivity contribution is 7.89. The van der Waals surface area contributed by atoms with Gasteiger partial charge in [-0.3, -0.25) is 4.79 Å². The summed E-state index contributed by atoms with van der Waals surface area (Å²) in [5.41, 5.74) is 6.24. The predicted octanol–water partition coefficient (Wildman–Crippen LogP) is 0.452. The van der Waals surface area contributed by atoms with Gasteiger partial charge in [0.1, 0.15) is 0 Å². The fourth-order valence-corrected chi connectivity index (χ4v) is 3.17. The van der Waals surface area contributed by atoms with Gasteiger partial charge in [0.25, 0.3) is 5.91 Å². The summed E-state index contributed by atoms with van der Waals surface area (Å²) in [5, 5.41) is 2.75. The smallest absolute Gasteiger partial charge is 0.251 e. The normalized spacial score (nSPS) is 16.5. The second kappa shape index (κ2) is 6.55. The minimum absolute atomic E-state index is 0.0253. The van der Waals surface area contributed by atoms with Crippen LogP contribution in [0.5, 0.6) is 0 Å². The van der Waals surface area contributed by atoms with Gasteiger partial charge >= 0.3 is 0 Å². The molecule has 0 spiro atoms. The Bertz CT molecular complexity index is 612. The molecule has 1 amide bonds. The van der Waals surface area contributed by atoms with E-state index in [0.717, 1.165) is 12.8 Å². The van der Waals surface area contributed by atoms with Gasteiger partial charge in [-0.25, -0.2) is 13.1 Å². The minimum Gasteiger partial charge on any atom is -0.350 e. The van der Waals surface area contributed by atoms with E-state index in [-0.39, 0.29) is 16.8 Å². The zero-order chi connectivity index (χ0) is 15.5. The Balaban J connectivity index is 2.04. The zero-order valence-corrected chi connectivity index (χ0v) is 12.8. The molecule has 0 radical (unpaired) electrons. The van der Waals surface area contributed by atoms with Crippen molar-refractivity contribution >= 4 is 15.9 Å². The summed E-state index contributed by atoms with van der Waals surface area (Å²) in [6.07, 6.45) is 2.24. The quantitative estimate of drug-likeness (QED) is 0.680. The van der Waals surface area contributed by atoms with Gasteiger partial charge < -0.3 is 11.1 Å². The number of nitrogens with two attached hydrogens (primary N) is 1. The van der Waals surface area contributed by atoms with Gasteiger partial charge in [0, 0.05) is 24.7 Å². The van der Waals surface area contributed by atoms with E-state index in [1.807, 2.05) is 0 Å². The first-order valence-corrected chi connectivity index (χ1v) is 8.56. The van der Waals surface area contributed by atoms with Crippen LogP contribution in [0.2, 0.25) is 0 Å². The summed E-state index contributed by atoms with van der Waals surface area (Å²) >= 11 is 0. The lowest BCUT2D eigenvalue weighted by Gasteiger charge is -2.12. The zero-order valence-electron chi connectivity index (χ0n) is 12.0. The van der Waals surface area contributed by atoms with E-state index in [4.69, 9.17) is 5.73 Å². The van der Waals surface area contributed by atoms with Crippen molar-refractivity contribution in [3.05, 3.63) is 29.8 Å². The number of amides is 1. The Morgan fingerprint density at radius 1 is 1.43 bits per heavy atom. The molecule has 1 atom stereocenters. The third-order valence-corrected chi connectivity index (χ3v) is 5.01. The van der Waals surface area contributed by atoms with Crippen LogP contribution in [0.25, 0.3) is 0 Å². The molecule has 0 saturated heterocycles. The molecule has 1 aromatic carbocycles. The maximum absolute atomic E-state index is 12.0. The first-order valence-electron chi connectivity index (χ1n) is 7.07. The predicted molar refractivity (Wildman–Crippen MR) is 80.3 cm³/mol. The number of carbonyl (C=O) groups excluding carboxylic acids is 1. The summed E-state index contributed by atoms with van der Waals surface area (Å²) in [6, 6.07) is 5.95. The Morgan fingerprint density at radius 3 is 2.76 bits per heavy atom. The molecule has 1 aromatic rings. The van der Waals surface area contributed by atoms with Gasteiger partial charge in [-0.05, 0) is 37.0 Å². The van der Waals surface area contributed by atoms with Crippen molar-refractivity contribution in [1.29, 1.82) is 0 Å². The van der Waals surface area contributed by atoms with Crippen molar-refractivity contribution in [2.24, 2.45) is 11.7 Å². The van der Waals surface area contributed by atoms with E-state index in [1.165, 1.54) is 12.1 Å². The monoisotopic (exact) mass is 311 g/mol. The van der Waals surface area contributed by atoms with Gasteiger partial charge in [-0.15, -0.1) is 0 Å². The number of sulfonamides is 1. The summed E-state index contributed by atoms with van der Waals surface area (Å²) in [4.78, 5) is 12.1. The first-order chi connectivity index (χ1) is 9.94. The maximum atomic E-state index is 12.0. The molecule has 7 heteroatoms. The van der Waals surface area contributed by atoms with E-state index in [2.05, 4.69) is 10.0 Å². The van der Waals surface area contributed by atoms with Crippen LogP contribution in [0.1, 0.15) is 30.1 Å². The molecule has 6 nitrogen and oxygen atoms in total. The minimum atomic E-state index is -3.56. The SMILES string of the molecule is CCNS(=O)(=O)c1cccc(C(=O)NCC(N)C2CC2)c1. The van der Waals surface area contributed by atoms with Crippen LogP contribution in [0, 0.1) is 5.92 Å². The fourth-order valence-electron chi connectivity index (χ4n) is 2.08. The molecular formula is C14H21N3O3S. The lowest BCUT2D eigenvalue weighted by molar-refractivity contribution is 0.0950. The molecule has 1 aliphatic rings. The number of hydrogen-bond acceptors (Lipinski definition) is 4. The van der Waals surface area contributed by atoms with E-state index in [1.54, 1.807) is 19.1 Å². The number of rotatable bonds is 7. The highest BCUT2D eigenvalue weighted by Crippen LogP contribution is 2.31. The Hall–Kier alpha value is -1.44. The van der Waals surface area contributed by atoms with E-state index < -0.39 is 10.0 Å². The van der Waals surface area contributed by atoms with Gasteiger partial charge in [0.05, 0.1) is 4.90 Å². The van der Waals surface area contributed by atoms with E-state index in [0.29, 0.717) is 24.6 Å². The van der Waals surface area contributed by atoms with Crippen LogP contribution in [-0.2, 0) is 10.0 Å². The Labute approximate surface area is 125 Å². The molecule has 1 unspecified atom stereocenters. The fraction of sp³-hybridized carbons (Fsp3) is 0.500. The molecule has 116 valence electrons. The number of carbonyl (C=O) groups is 1. The summed E-state index contributed by atoms with van der Waals surface area (Å²) in [7, 11) is -3.56. The molecule has 2 rings (SSSR count). The summed E-state index contributed by atoms with van der Waals surface area (Å²) in [6.45, 7) is 2.41. The molecule has 1 saturated carbocycles. The van der Waals surface area contributed by atoms with Gasteiger partial charge in [0.15, 0.2) is 0 Å². The van der Waals surface area contributed by atoms with Crippen LogP contribution in [0.3, 0.4) is 0 Å². The van der Waals surface area contributed by atoms with Crippen molar-refractivity contribution in [1.82, 2.24) is 10.0 Å². The highest BCUT2D eigenvalue weighted by atomic mass is 32.2. The van der Waals surface area contributed by atoms with Crippen LogP contribution >= 0.6 is 0 Å². The van der Waals surface area contributed by atoms with Crippen LogP contribution < -0.4 is 15.8 Å². The van der Waals surface area contributed by atoms with Crippen LogP contribution in [0.4, 0.5) is 0 Å². The lowest BCUT2D eigenvalue weighted by atomic mass is 10.2. The maximum Gasteiger partial charge on any atom is 0.251 e. The summed E-state index contributed by atoms with van der Waals surface area (Å²) < 4.78 is 26.2. The average Bonchev–Trinajstić information content (AvgIpc) is 3.29. The van der Waals surface area contributed by atoms with Crippen molar-refractivity contribution in [2.45, 2.75) is 30.7 Å². The van der Waals surface area contributed by atoms with E-state index >= 15 is 0 Å². The van der Waals surface area contributed by atoms with Crippen molar-refractivity contribution in [2.75, 3.05) is 13.1 Å². The molecule has 1 aliphatic carbocycles. The average molecular weight is 311 g/mol. The number of hydrogen-bond donors (Lipinski definition) is 3. The molecule has 21 heavy (non-hydrogen) atoms. The third kappa shape index (κ3) is 4.26. The largest absolute Gasteiger partial charge is 0.350 e. The van der Waals surface area contributed by atoms with Crippen LogP contribution in [-0.4, -0.2) is 33.5 Å². The second-order valence-corrected chi connectivity index (χ2v) is 7.01. The standard InChI is InChI=1S/C14H21N3O3S/c1-2-17-21(19,20)12-5-3-4-11(8-12)14(18)16-9-13(15)10-6-7-10/h3-5,8,10,13,17H,2,6-7,9,15H2,1H3,(H,16,18). The van der Waals surface area contributed by atoms with Gasteiger partial charge in [0.2, 0.25) is 10.0 Å². The lowest BCUT2D eigenvalue weighted by Crippen LogP contribution is -2.38. The van der Waals surface area contributed by atoms with Gasteiger partial charge in [-0.1, -0.05) is 13.0 Å². The highest BCUT2D eigenvalue weighted by Gasteiger charge is 2.28. The number of nitrogens with one attached hydrogen (secondary N) is 2. The van der Waals surface area contributed by atoms with Crippen molar-refractivity contribution in [3.63, 3.8) is 0 Å². The molecular weight excluding hydrogens is 290 g/mol. The van der Waals surface area contributed by atoms with Gasteiger partial charge in [-0.2, -0.15) is 0 Å². The molecule has 0 heterocycles. The van der Waals surface area contributed by atoms with Crippen LogP contribution in [0.15, 0.2) is 29.2 Å². The molecule has 1 fully saturated rings. The van der Waals surface area contributed by atoms with Crippen molar-refractivity contribution < 1.29 is 13.2 Å². The molecule has 0 bridgehead atoms. The second-order valence-electron chi connectivity index (χ2n) is 5.24. The summed E-state index contributed by atoms with van der Waals surface area (Å²) in [5.74, 6) is 0.199. The topological polar surface area (TPSA) is 101 Å². The number of benzene rings is 1. The molecule has 0 aromatic heterocycles. The Kier molecular flexibility index (Phi) is 4.97. The van der Waals surface area contributed by atoms with Crippen molar-refractivity contribution in [3.8, 4) is 0 Å². The molecule has 0 aliphatic heterocycles. The van der Waals surface area contributed by atoms with E-state index in [9.17, 15) is 13.2 Å². The first kappa shape index (κ1) is 15.9.